The Morgan fingerprint density at radius 1 is 1.17 bits per heavy atom. The number of hydrogen-bond acceptors (Lipinski definition) is 10. The summed E-state index contributed by atoms with van der Waals surface area (Å²) in [7, 11) is -1.96. The highest BCUT2D eigenvalue weighted by atomic mass is 32.2. The number of hydrogen-bond donors (Lipinski definition) is 2. The molecule has 1 aliphatic carbocycles. The van der Waals surface area contributed by atoms with Gasteiger partial charge in [-0.15, -0.1) is 0 Å². The van der Waals surface area contributed by atoms with E-state index in [9.17, 15) is 13.2 Å². The number of carbonyl (C=O) groups excluding carboxylic acids is 1. The number of methoxy groups -OCH3 is 1. The van der Waals surface area contributed by atoms with Crippen LogP contribution in [0.4, 0.5) is 11.6 Å². The van der Waals surface area contributed by atoms with Crippen molar-refractivity contribution < 1.29 is 27.5 Å². The minimum absolute atomic E-state index is 0.0215. The zero-order chi connectivity index (χ0) is 25.3. The SMILES string of the molecule is CCO[C@@H]1CC[C@@H](O/N=C(/C(=O)Nc2cnc(N)cn2)c2ccc(S(=O)(=O)CCCOC)cc2)C1. The molecule has 1 saturated carbocycles. The molecule has 1 aromatic heterocycles. The fourth-order valence-electron chi connectivity index (χ4n) is 3.65. The third-order valence-electron chi connectivity index (χ3n) is 5.41. The summed E-state index contributed by atoms with van der Waals surface area (Å²) in [4.78, 5) is 26.8. The monoisotopic (exact) mass is 505 g/mol. The number of amides is 1. The number of oxime groups is 1. The molecule has 0 unspecified atom stereocenters. The van der Waals surface area contributed by atoms with Crippen LogP contribution in [-0.4, -0.2) is 68.3 Å². The number of nitrogens with one attached hydrogen (secondary N) is 1. The highest BCUT2D eigenvalue weighted by molar-refractivity contribution is 7.91. The molecule has 190 valence electrons. The molecule has 1 heterocycles. The van der Waals surface area contributed by atoms with Gasteiger partial charge in [-0.3, -0.25) is 4.79 Å². The van der Waals surface area contributed by atoms with Crippen LogP contribution in [0, 0.1) is 0 Å². The van der Waals surface area contributed by atoms with Gasteiger partial charge < -0.3 is 25.4 Å². The molecule has 0 aliphatic heterocycles. The molecular formula is C23H31N5O6S. The molecule has 3 rings (SSSR count). The number of carbonyl (C=O) groups is 1. The highest BCUT2D eigenvalue weighted by Crippen LogP contribution is 2.25. The van der Waals surface area contributed by atoms with Gasteiger partial charge in [0.25, 0.3) is 5.91 Å². The Bertz CT molecular complexity index is 1110. The molecule has 1 fully saturated rings. The van der Waals surface area contributed by atoms with Gasteiger partial charge in [-0.25, -0.2) is 18.4 Å². The lowest BCUT2D eigenvalue weighted by Gasteiger charge is -2.12. The first-order valence-corrected chi connectivity index (χ1v) is 13.0. The number of sulfone groups is 1. The second-order valence-electron chi connectivity index (χ2n) is 8.03. The summed E-state index contributed by atoms with van der Waals surface area (Å²) in [6.07, 6.45) is 5.22. The molecule has 1 aliphatic rings. The Kier molecular flexibility index (Phi) is 9.52. The fraction of sp³-hybridized carbons (Fsp3) is 0.478. The van der Waals surface area contributed by atoms with E-state index in [0.717, 1.165) is 12.8 Å². The van der Waals surface area contributed by atoms with Crippen molar-refractivity contribution in [3.63, 3.8) is 0 Å². The maximum atomic E-state index is 13.0. The van der Waals surface area contributed by atoms with Crippen LogP contribution in [0.2, 0.25) is 0 Å². The average Bonchev–Trinajstić information content (AvgIpc) is 3.29. The maximum absolute atomic E-state index is 13.0. The van der Waals surface area contributed by atoms with Crippen LogP contribution in [0.3, 0.4) is 0 Å². The van der Waals surface area contributed by atoms with Gasteiger partial charge in [0.05, 0.1) is 29.1 Å². The lowest BCUT2D eigenvalue weighted by Crippen LogP contribution is -2.25. The topological polar surface area (TPSA) is 155 Å². The van der Waals surface area contributed by atoms with Crippen molar-refractivity contribution >= 4 is 33.1 Å². The molecular weight excluding hydrogens is 474 g/mol. The Morgan fingerprint density at radius 2 is 1.91 bits per heavy atom. The molecule has 0 bridgehead atoms. The molecule has 11 nitrogen and oxygen atoms in total. The lowest BCUT2D eigenvalue weighted by atomic mass is 10.1. The van der Waals surface area contributed by atoms with E-state index in [1.165, 1.54) is 43.8 Å². The van der Waals surface area contributed by atoms with Crippen LogP contribution < -0.4 is 11.1 Å². The van der Waals surface area contributed by atoms with Gasteiger partial charge in [0, 0.05) is 32.3 Å². The van der Waals surface area contributed by atoms with E-state index < -0.39 is 15.7 Å². The van der Waals surface area contributed by atoms with E-state index in [0.29, 0.717) is 31.6 Å². The van der Waals surface area contributed by atoms with Gasteiger partial charge in [-0.2, -0.15) is 0 Å². The Morgan fingerprint density at radius 3 is 2.57 bits per heavy atom. The summed E-state index contributed by atoms with van der Waals surface area (Å²) in [6, 6.07) is 5.95. The smallest absolute Gasteiger partial charge is 0.279 e. The zero-order valence-corrected chi connectivity index (χ0v) is 20.7. The standard InChI is InChI=1S/C23H31N5O6S/c1-3-33-17-7-8-18(13-17)34-28-22(23(29)27-21-15-25-20(24)14-26-21)16-5-9-19(10-6-16)35(30,31)12-4-11-32-2/h5-6,9-10,14-15,17-18H,3-4,7-8,11-13H2,1-2H3,(H2,24,25)(H,26,27,29)/b28-22+/t17-,18-/m1/s1. The van der Waals surface area contributed by atoms with E-state index in [4.69, 9.17) is 20.0 Å². The van der Waals surface area contributed by atoms with Crippen LogP contribution in [0.5, 0.6) is 0 Å². The number of aromatic nitrogens is 2. The summed E-state index contributed by atoms with van der Waals surface area (Å²) in [5.74, 6) is -0.221. The van der Waals surface area contributed by atoms with E-state index in [1.54, 1.807) is 0 Å². The average molecular weight is 506 g/mol. The number of rotatable bonds is 12. The van der Waals surface area contributed by atoms with Gasteiger partial charge in [0.1, 0.15) is 11.9 Å². The van der Waals surface area contributed by atoms with Crippen molar-refractivity contribution in [2.75, 3.05) is 37.1 Å². The largest absolute Gasteiger partial charge is 0.392 e. The molecule has 35 heavy (non-hydrogen) atoms. The molecule has 2 atom stereocenters. The molecule has 3 N–H and O–H groups in total. The van der Waals surface area contributed by atoms with Crippen molar-refractivity contribution in [1.29, 1.82) is 0 Å². The third kappa shape index (κ3) is 7.70. The Hall–Kier alpha value is -3.09. The first-order valence-electron chi connectivity index (χ1n) is 11.4. The van der Waals surface area contributed by atoms with Gasteiger partial charge in [0.2, 0.25) is 0 Å². The van der Waals surface area contributed by atoms with Crippen LogP contribution >= 0.6 is 0 Å². The first kappa shape index (κ1) is 26.5. The molecule has 1 amide bonds. The lowest BCUT2D eigenvalue weighted by molar-refractivity contribution is -0.110. The van der Waals surface area contributed by atoms with Crippen molar-refractivity contribution in [3.05, 3.63) is 42.2 Å². The summed E-state index contributed by atoms with van der Waals surface area (Å²) < 4.78 is 35.7. The number of nitrogens with zero attached hydrogens (tertiary/aromatic N) is 3. The second kappa shape index (κ2) is 12.6. The van der Waals surface area contributed by atoms with Crippen molar-refractivity contribution in [3.8, 4) is 0 Å². The summed E-state index contributed by atoms with van der Waals surface area (Å²) in [6.45, 7) is 2.92. The molecule has 1 aromatic carbocycles. The fourth-order valence-corrected chi connectivity index (χ4v) is 4.93. The van der Waals surface area contributed by atoms with E-state index in [-0.39, 0.29) is 40.2 Å². The Labute approximate surface area is 205 Å². The summed E-state index contributed by atoms with van der Waals surface area (Å²) >= 11 is 0. The molecule has 12 heteroatoms. The zero-order valence-electron chi connectivity index (χ0n) is 19.8. The summed E-state index contributed by atoms with van der Waals surface area (Å²) in [5.41, 5.74) is 5.92. The quantitative estimate of drug-likeness (QED) is 0.251. The molecule has 2 aromatic rings. The number of ether oxygens (including phenoxy) is 2. The van der Waals surface area contributed by atoms with Crippen LogP contribution in [0.1, 0.15) is 38.2 Å². The van der Waals surface area contributed by atoms with Crippen molar-refractivity contribution in [2.45, 2.75) is 49.7 Å². The predicted molar refractivity (Wildman–Crippen MR) is 131 cm³/mol. The minimum Gasteiger partial charge on any atom is -0.392 e. The van der Waals surface area contributed by atoms with Gasteiger partial charge in [-0.05, 0) is 38.3 Å². The predicted octanol–water partition coefficient (Wildman–Crippen LogP) is 2.19. The van der Waals surface area contributed by atoms with E-state index >= 15 is 0 Å². The van der Waals surface area contributed by atoms with Crippen molar-refractivity contribution in [2.24, 2.45) is 5.16 Å². The van der Waals surface area contributed by atoms with Crippen molar-refractivity contribution in [1.82, 2.24) is 9.97 Å². The van der Waals surface area contributed by atoms with Gasteiger partial charge in [0.15, 0.2) is 21.4 Å². The highest BCUT2D eigenvalue weighted by Gasteiger charge is 2.27. The Balaban J connectivity index is 1.80. The first-order chi connectivity index (χ1) is 16.8. The minimum atomic E-state index is -3.48. The van der Waals surface area contributed by atoms with Crippen LogP contribution in [0.25, 0.3) is 0 Å². The third-order valence-corrected chi connectivity index (χ3v) is 7.23. The molecule has 0 spiro atoms. The number of anilines is 2. The van der Waals surface area contributed by atoms with Crippen LogP contribution in [0.15, 0.2) is 46.7 Å². The normalized spacial score (nSPS) is 18.4. The maximum Gasteiger partial charge on any atom is 0.279 e. The number of nitrogen functional groups attached to an aromatic ring is 1. The van der Waals surface area contributed by atoms with Gasteiger partial charge >= 0.3 is 0 Å². The van der Waals surface area contributed by atoms with E-state index in [1.807, 2.05) is 6.92 Å². The van der Waals surface area contributed by atoms with Gasteiger partial charge in [-0.1, -0.05) is 17.3 Å². The number of nitrogens with two attached hydrogens (primary N) is 1. The molecule has 0 saturated heterocycles. The molecule has 0 radical (unpaired) electrons. The van der Waals surface area contributed by atoms with E-state index in [2.05, 4.69) is 20.4 Å². The summed E-state index contributed by atoms with van der Waals surface area (Å²) in [5, 5.41) is 6.76. The van der Waals surface area contributed by atoms with Crippen LogP contribution in [-0.2, 0) is 28.9 Å². The number of benzene rings is 1. The second-order valence-corrected chi connectivity index (χ2v) is 10.1.